The number of aryl methyl sites for hydroxylation is 2. The molecule has 2 aromatic heterocycles. The first-order valence-corrected chi connectivity index (χ1v) is 10.6. The summed E-state index contributed by atoms with van der Waals surface area (Å²) in [6.45, 7) is 4.05. The zero-order chi connectivity index (χ0) is 23.8. The molecule has 34 heavy (non-hydrogen) atoms. The Labute approximate surface area is 194 Å². The lowest BCUT2D eigenvalue weighted by Crippen LogP contribution is -2.14. The summed E-state index contributed by atoms with van der Waals surface area (Å²) in [5.41, 5.74) is 2.65. The first kappa shape index (κ1) is 21.5. The molecule has 3 heterocycles. The van der Waals surface area contributed by atoms with Crippen LogP contribution in [-0.2, 0) is 4.74 Å². The number of carbonyl (C=O) groups is 1. The summed E-state index contributed by atoms with van der Waals surface area (Å²) in [4.78, 5) is 22.5. The van der Waals surface area contributed by atoms with Crippen molar-refractivity contribution < 1.29 is 18.3 Å². The minimum atomic E-state index is -0.809. The highest BCUT2D eigenvalue weighted by Crippen LogP contribution is 2.30. The molecule has 0 aliphatic carbocycles. The summed E-state index contributed by atoms with van der Waals surface area (Å²) >= 11 is 0. The van der Waals surface area contributed by atoms with Crippen molar-refractivity contribution in [2.45, 2.75) is 13.8 Å². The van der Waals surface area contributed by atoms with E-state index in [1.165, 1.54) is 16.8 Å². The van der Waals surface area contributed by atoms with E-state index in [4.69, 9.17) is 4.74 Å². The number of ether oxygens (including phenoxy) is 1. The second-order valence-electron chi connectivity index (χ2n) is 7.92. The Morgan fingerprint density at radius 3 is 2.47 bits per heavy atom. The number of rotatable bonds is 5. The van der Waals surface area contributed by atoms with Crippen molar-refractivity contribution in [3.63, 3.8) is 0 Å². The van der Waals surface area contributed by atoms with Gasteiger partial charge in [-0.2, -0.15) is 4.98 Å². The number of hydrogen-bond acceptors (Lipinski definition) is 5. The molecule has 6 nitrogen and oxygen atoms in total. The monoisotopic (exact) mass is 458 g/mol. The normalized spacial score (nSPS) is 13.0. The van der Waals surface area contributed by atoms with E-state index in [0.29, 0.717) is 23.3 Å². The standard InChI is InChI=1S/C26H20F2N4O2/c1-15-5-3-6-16(2)22(15)24(33)21-13-17-14-29-26(30-18-9-11-34-12-10-18)31-25(17)32(21)23-19(27)7-4-8-20(23)28/h3-11,13-14H,12H2,1-2H3,(H,29,30,31). The Morgan fingerprint density at radius 2 is 1.79 bits per heavy atom. The number of nitrogens with zero attached hydrogens (tertiary/aromatic N) is 3. The maximum atomic E-state index is 15.0. The lowest BCUT2D eigenvalue weighted by atomic mass is 9.97. The van der Waals surface area contributed by atoms with Gasteiger partial charge in [0.05, 0.1) is 12.0 Å². The van der Waals surface area contributed by atoms with E-state index >= 15 is 0 Å². The molecule has 0 fully saturated rings. The Kier molecular flexibility index (Phi) is 5.41. The van der Waals surface area contributed by atoms with Crippen molar-refractivity contribution in [3.05, 3.63) is 107 Å². The van der Waals surface area contributed by atoms with Gasteiger partial charge in [-0.3, -0.25) is 9.36 Å². The maximum absolute atomic E-state index is 15.0. The Morgan fingerprint density at radius 1 is 1.09 bits per heavy atom. The van der Waals surface area contributed by atoms with Gasteiger partial charge in [0.25, 0.3) is 0 Å². The van der Waals surface area contributed by atoms with Gasteiger partial charge in [0.2, 0.25) is 11.7 Å². The number of benzene rings is 2. The molecule has 170 valence electrons. The second-order valence-corrected chi connectivity index (χ2v) is 7.92. The van der Waals surface area contributed by atoms with E-state index in [1.807, 2.05) is 32.0 Å². The molecule has 0 saturated heterocycles. The topological polar surface area (TPSA) is 69.0 Å². The quantitative estimate of drug-likeness (QED) is 0.407. The van der Waals surface area contributed by atoms with Gasteiger partial charge < -0.3 is 10.1 Å². The average molecular weight is 458 g/mol. The molecule has 0 radical (unpaired) electrons. The number of carbonyl (C=O) groups excluding carboxylic acids is 1. The zero-order valence-electron chi connectivity index (χ0n) is 18.5. The molecular weight excluding hydrogens is 438 g/mol. The van der Waals surface area contributed by atoms with Crippen LogP contribution in [0.2, 0.25) is 0 Å². The third-order valence-electron chi connectivity index (χ3n) is 5.64. The summed E-state index contributed by atoms with van der Waals surface area (Å²) < 4.78 is 36.3. The van der Waals surface area contributed by atoms with Crippen molar-refractivity contribution in [1.82, 2.24) is 14.5 Å². The minimum Gasteiger partial charge on any atom is -0.497 e. The van der Waals surface area contributed by atoms with Crippen LogP contribution in [0, 0.1) is 25.5 Å². The van der Waals surface area contributed by atoms with Crippen LogP contribution < -0.4 is 5.32 Å². The van der Waals surface area contributed by atoms with Gasteiger partial charge in [0.1, 0.15) is 23.9 Å². The highest BCUT2D eigenvalue weighted by Gasteiger charge is 2.25. The third kappa shape index (κ3) is 3.73. The number of halogens is 2. The Hall–Kier alpha value is -4.33. The molecule has 1 N–H and O–H groups in total. The maximum Gasteiger partial charge on any atom is 0.229 e. The fraction of sp³-hybridized carbons (Fsp3) is 0.115. The van der Waals surface area contributed by atoms with Crippen LogP contribution in [0.25, 0.3) is 16.7 Å². The first-order chi connectivity index (χ1) is 16.4. The smallest absolute Gasteiger partial charge is 0.229 e. The van der Waals surface area contributed by atoms with Gasteiger partial charge >= 0.3 is 0 Å². The largest absolute Gasteiger partial charge is 0.497 e. The van der Waals surface area contributed by atoms with Crippen LogP contribution in [-0.4, -0.2) is 26.9 Å². The van der Waals surface area contributed by atoms with Crippen LogP contribution in [0.4, 0.5) is 14.7 Å². The molecule has 8 heteroatoms. The number of hydrogen-bond donors (Lipinski definition) is 1. The number of para-hydroxylation sites is 1. The molecule has 4 aromatic rings. The highest BCUT2D eigenvalue weighted by molar-refractivity contribution is 6.12. The van der Waals surface area contributed by atoms with E-state index in [-0.39, 0.29) is 28.8 Å². The summed E-state index contributed by atoms with van der Waals surface area (Å²) in [6, 6.07) is 10.6. The number of aromatic nitrogens is 3. The summed E-state index contributed by atoms with van der Waals surface area (Å²) in [7, 11) is 0. The molecule has 0 spiro atoms. The van der Waals surface area contributed by atoms with Gasteiger partial charge in [0, 0.05) is 22.8 Å². The Balaban J connectivity index is 1.74. The molecule has 2 aromatic carbocycles. The predicted octanol–water partition coefficient (Wildman–Crippen LogP) is 5.39. The predicted molar refractivity (Wildman–Crippen MR) is 125 cm³/mol. The van der Waals surface area contributed by atoms with Gasteiger partial charge in [-0.25, -0.2) is 13.8 Å². The van der Waals surface area contributed by atoms with Crippen LogP contribution >= 0.6 is 0 Å². The molecule has 0 amide bonds. The average Bonchev–Trinajstić information content (AvgIpc) is 3.18. The van der Waals surface area contributed by atoms with Crippen molar-refractivity contribution in [3.8, 4) is 5.69 Å². The van der Waals surface area contributed by atoms with Crippen LogP contribution in [0.5, 0.6) is 0 Å². The minimum absolute atomic E-state index is 0.0908. The number of ketones is 1. The lowest BCUT2D eigenvalue weighted by Gasteiger charge is -2.14. The summed E-state index contributed by atoms with van der Waals surface area (Å²) in [6.07, 6.45) is 6.58. The fourth-order valence-corrected chi connectivity index (χ4v) is 4.05. The van der Waals surface area contributed by atoms with Gasteiger partial charge in [-0.15, -0.1) is 0 Å². The molecule has 1 aliphatic rings. The number of allylic oxidation sites excluding steroid dienone is 1. The van der Waals surface area contributed by atoms with Crippen molar-refractivity contribution >= 4 is 22.8 Å². The van der Waals surface area contributed by atoms with Crippen molar-refractivity contribution in [2.24, 2.45) is 0 Å². The van der Waals surface area contributed by atoms with Crippen LogP contribution in [0.3, 0.4) is 0 Å². The molecule has 1 aliphatic heterocycles. The van der Waals surface area contributed by atoms with E-state index in [9.17, 15) is 13.6 Å². The third-order valence-corrected chi connectivity index (χ3v) is 5.64. The van der Waals surface area contributed by atoms with E-state index in [2.05, 4.69) is 15.3 Å². The molecular formula is C26H20F2N4O2. The van der Waals surface area contributed by atoms with Crippen molar-refractivity contribution in [2.75, 3.05) is 11.9 Å². The molecule has 0 unspecified atom stereocenters. The second kappa shape index (κ2) is 8.55. The number of anilines is 1. The van der Waals surface area contributed by atoms with Crippen molar-refractivity contribution in [1.29, 1.82) is 0 Å². The Bertz CT molecular complexity index is 1460. The van der Waals surface area contributed by atoms with Gasteiger partial charge in [-0.1, -0.05) is 24.3 Å². The first-order valence-electron chi connectivity index (χ1n) is 10.6. The molecule has 5 rings (SSSR count). The van der Waals surface area contributed by atoms with Gasteiger partial charge in [-0.05, 0) is 55.3 Å². The summed E-state index contributed by atoms with van der Waals surface area (Å²) in [5, 5.41) is 3.53. The number of fused-ring (bicyclic) bond motifs is 1. The highest BCUT2D eigenvalue weighted by atomic mass is 19.1. The van der Waals surface area contributed by atoms with Gasteiger partial charge in [0.15, 0.2) is 5.65 Å². The lowest BCUT2D eigenvalue weighted by molar-refractivity contribution is 0.103. The SMILES string of the molecule is Cc1cccc(C)c1C(=O)c1cc2cnc(NC3=CCOC=C3)nc2n1-c1c(F)cccc1F. The van der Waals surface area contributed by atoms with E-state index < -0.39 is 11.6 Å². The molecule has 0 saturated carbocycles. The fourth-order valence-electron chi connectivity index (χ4n) is 4.05. The van der Waals surface area contributed by atoms with Crippen LogP contribution in [0.15, 0.2) is 72.8 Å². The molecule has 0 bridgehead atoms. The summed E-state index contributed by atoms with van der Waals surface area (Å²) in [5.74, 6) is -1.76. The van der Waals surface area contributed by atoms with Crippen LogP contribution in [0.1, 0.15) is 27.2 Å². The molecule has 0 atom stereocenters. The van der Waals surface area contributed by atoms with E-state index in [1.54, 1.807) is 24.5 Å². The number of nitrogens with one attached hydrogen (secondary N) is 1. The van der Waals surface area contributed by atoms with E-state index in [0.717, 1.165) is 23.3 Å². The zero-order valence-corrected chi connectivity index (χ0v) is 18.5.